The molecule has 0 aromatic heterocycles. The number of rotatable bonds is 70. The standard InChI is InChI=1S/C75H145NO5/c1-3-5-7-9-11-13-15-17-19-21-32-37-41-45-49-53-57-61-65-69-75(80)81-70-66-62-58-54-50-46-42-38-34-31-29-27-25-23-24-26-28-30-33-36-40-44-48-52-56-60-64-68-74(79)76-72(71-77)73(78)67-63-59-55-51-47-43-39-35-22-20-18-16-14-12-10-8-6-4-2/h11,13,17,19,72-73,77-78H,3-10,12,14-16,18,20-71H2,1-2H3,(H,76,79)/b13-11-,19-17-. The molecule has 0 radical (unpaired) electrons. The molecule has 2 atom stereocenters. The van der Waals surface area contributed by atoms with E-state index in [4.69, 9.17) is 4.74 Å². The zero-order valence-electron chi connectivity index (χ0n) is 55.0. The molecule has 2 unspecified atom stereocenters. The van der Waals surface area contributed by atoms with Crippen LogP contribution in [-0.4, -0.2) is 47.4 Å². The molecular weight excluding hydrogens is 995 g/mol. The van der Waals surface area contributed by atoms with Crippen molar-refractivity contribution >= 4 is 11.9 Å². The number of amides is 1. The Hall–Kier alpha value is -1.66. The van der Waals surface area contributed by atoms with Crippen LogP contribution in [0.25, 0.3) is 0 Å². The van der Waals surface area contributed by atoms with Crippen molar-refractivity contribution in [1.29, 1.82) is 0 Å². The lowest BCUT2D eigenvalue weighted by Gasteiger charge is -2.22. The molecule has 0 fully saturated rings. The van der Waals surface area contributed by atoms with E-state index < -0.39 is 12.1 Å². The first-order valence-corrected chi connectivity index (χ1v) is 37.1. The second kappa shape index (κ2) is 70.8. The van der Waals surface area contributed by atoms with Gasteiger partial charge < -0.3 is 20.3 Å². The predicted molar refractivity (Wildman–Crippen MR) is 356 cm³/mol. The Labute approximate surface area is 507 Å². The highest BCUT2D eigenvalue weighted by molar-refractivity contribution is 5.76. The normalized spacial score (nSPS) is 12.6. The van der Waals surface area contributed by atoms with Gasteiger partial charge in [0.05, 0.1) is 25.4 Å². The van der Waals surface area contributed by atoms with E-state index in [0.29, 0.717) is 25.9 Å². The van der Waals surface area contributed by atoms with Crippen molar-refractivity contribution in [3.05, 3.63) is 24.3 Å². The number of allylic oxidation sites excluding steroid dienone is 4. The van der Waals surface area contributed by atoms with Crippen molar-refractivity contribution < 1.29 is 24.5 Å². The van der Waals surface area contributed by atoms with Gasteiger partial charge in [-0.15, -0.1) is 0 Å². The number of hydrogen-bond acceptors (Lipinski definition) is 5. The summed E-state index contributed by atoms with van der Waals surface area (Å²) in [5, 5.41) is 23.4. The molecule has 3 N–H and O–H groups in total. The second-order valence-corrected chi connectivity index (χ2v) is 25.6. The van der Waals surface area contributed by atoms with Crippen LogP contribution < -0.4 is 5.32 Å². The first-order valence-electron chi connectivity index (χ1n) is 37.1. The van der Waals surface area contributed by atoms with Crippen LogP contribution in [0, 0.1) is 0 Å². The molecule has 6 heteroatoms. The molecule has 81 heavy (non-hydrogen) atoms. The molecule has 480 valence electrons. The number of nitrogens with one attached hydrogen (secondary N) is 1. The Morgan fingerprint density at radius 1 is 0.346 bits per heavy atom. The largest absolute Gasteiger partial charge is 0.466 e. The molecule has 0 aliphatic heterocycles. The van der Waals surface area contributed by atoms with Gasteiger partial charge in [0.2, 0.25) is 5.91 Å². The van der Waals surface area contributed by atoms with Gasteiger partial charge in [-0.05, 0) is 57.8 Å². The van der Waals surface area contributed by atoms with Crippen LogP contribution in [0.15, 0.2) is 24.3 Å². The molecule has 0 heterocycles. The molecule has 0 spiro atoms. The summed E-state index contributed by atoms with van der Waals surface area (Å²) in [6.07, 6.45) is 89.5. The van der Waals surface area contributed by atoms with Gasteiger partial charge in [0.15, 0.2) is 0 Å². The van der Waals surface area contributed by atoms with Gasteiger partial charge >= 0.3 is 5.97 Å². The first-order chi connectivity index (χ1) is 40.0. The minimum Gasteiger partial charge on any atom is -0.466 e. The molecule has 0 aliphatic rings. The molecule has 0 rings (SSSR count). The van der Waals surface area contributed by atoms with Crippen molar-refractivity contribution in [3.8, 4) is 0 Å². The van der Waals surface area contributed by atoms with Crippen molar-refractivity contribution in [2.45, 2.75) is 431 Å². The van der Waals surface area contributed by atoms with Gasteiger partial charge in [-0.1, -0.05) is 372 Å². The maximum atomic E-state index is 12.5. The first kappa shape index (κ1) is 79.3. The Kier molecular flexibility index (Phi) is 69.4. The van der Waals surface area contributed by atoms with E-state index in [1.807, 2.05) is 0 Å². The summed E-state index contributed by atoms with van der Waals surface area (Å²) in [6.45, 7) is 4.97. The van der Waals surface area contributed by atoms with E-state index in [9.17, 15) is 19.8 Å². The maximum absolute atomic E-state index is 12.5. The third kappa shape index (κ3) is 67.3. The van der Waals surface area contributed by atoms with Gasteiger partial charge in [0.25, 0.3) is 0 Å². The summed E-state index contributed by atoms with van der Waals surface area (Å²) in [6, 6.07) is -0.540. The van der Waals surface area contributed by atoms with Crippen LogP contribution in [0.3, 0.4) is 0 Å². The molecule has 0 aromatic carbocycles. The van der Waals surface area contributed by atoms with Gasteiger partial charge in [-0.25, -0.2) is 0 Å². The van der Waals surface area contributed by atoms with Crippen molar-refractivity contribution in [2.24, 2.45) is 0 Å². The third-order valence-corrected chi connectivity index (χ3v) is 17.5. The van der Waals surface area contributed by atoms with E-state index in [-0.39, 0.29) is 18.5 Å². The molecule has 0 saturated heterocycles. The Morgan fingerprint density at radius 2 is 0.617 bits per heavy atom. The molecule has 1 amide bonds. The number of hydrogen-bond donors (Lipinski definition) is 3. The van der Waals surface area contributed by atoms with Crippen molar-refractivity contribution in [3.63, 3.8) is 0 Å². The average molecular weight is 1140 g/mol. The third-order valence-electron chi connectivity index (χ3n) is 17.5. The highest BCUT2D eigenvalue weighted by atomic mass is 16.5. The highest BCUT2D eigenvalue weighted by Gasteiger charge is 2.20. The Morgan fingerprint density at radius 3 is 0.963 bits per heavy atom. The van der Waals surface area contributed by atoms with E-state index in [1.165, 1.54) is 334 Å². The molecule has 0 aromatic rings. The minimum absolute atomic E-state index is 0.0153. The summed E-state index contributed by atoms with van der Waals surface area (Å²) < 4.78 is 5.51. The minimum atomic E-state index is -0.663. The quantitative estimate of drug-likeness (QED) is 0.0320. The van der Waals surface area contributed by atoms with Crippen LogP contribution in [-0.2, 0) is 14.3 Å². The highest BCUT2D eigenvalue weighted by Crippen LogP contribution is 2.20. The predicted octanol–water partition coefficient (Wildman–Crippen LogP) is 24.1. The lowest BCUT2D eigenvalue weighted by molar-refractivity contribution is -0.143. The zero-order valence-corrected chi connectivity index (χ0v) is 55.0. The lowest BCUT2D eigenvalue weighted by atomic mass is 10.0. The molecule has 0 saturated carbocycles. The number of unbranched alkanes of at least 4 members (excludes halogenated alkanes) is 55. The fourth-order valence-electron chi connectivity index (χ4n) is 11.9. The van der Waals surface area contributed by atoms with Gasteiger partial charge in [0.1, 0.15) is 0 Å². The Bertz CT molecular complexity index is 1270. The topological polar surface area (TPSA) is 95.9 Å². The maximum Gasteiger partial charge on any atom is 0.305 e. The van der Waals surface area contributed by atoms with Gasteiger partial charge in [-0.3, -0.25) is 9.59 Å². The monoisotopic (exact) mass is 1140 g/mol. The SMILES string of the molecule is CCCCC/C=C\C/C=C\CCCCCCCCCCCC(=O)OCCCCCCCCCCCCCCCCCCCCCCCCCCCCCC(=O)NC(CO)C(O)CCCCCCCCCCCCCCCCCCCC. The summed E-state index contributed by atoms with van der Waals surface area (Å²) in [5.41, 5.74) is 0. The second-order valence-electron chi connectivity index (χ2n) is 25.6. The van der Waals surface area contributed by atoms with Crippen LogP contribution >= 0.6 is 0 Å². The van der Waals surface area contributed by atoms with Crippen LogP contribution in [0.1, 0.15) is 418 Å². The molecule has 0 bridgehead atoms. The van der Waals surface area contributed by atoms with Crippen molar-refractivity contribution in [2.75, 3.05) is 13.2 Å². The Balaban J connectivity index is 3.34. The summed E-state index contributed by atoms with van der Waals surface area (Å²) >= 11 is 0. The number of esters is 1. The van der Waals surface area contributed by atoms with E-state index >= 15 is 0 Å². The van der Waals surface area contributed by atoms with Crippen molar-refractivity contribution in [1.82, 2.24) is 5.32 Å². The number of aliphatic hydroxyl groups excluding tert-OH is 2. The summed E-state index contributed by atoms with van der Waals surface area (Å²) in [4.78, 5) is 24.7. The van der Waals surface area contributed by atoms with Crippen LogP contribution in [0.4, 0.5) is 0 Å². The lowest BCUT2D eigenvalue weighted by Crippen LogP contribution is -2.45. The zero-order chi connectivity index (χ0) is 58.5. The fraction of sp³-hybridized carbons (Fsp3) is 0.920. The van der Waals surface area contributed by atoms with Gasteiger partial charge in [0, 0.05) is 12.8 Å². The van der Waals surface area contributed by atoms with Crippen LogP contribution in [0.5, 0.6) is 0 Å². The van der Waals surface area contributed by atoms with E-state index in [2.05, 4.69) is 43.5 Å². The summed E-state index contributed by atoms with van der Waals surface area (Å²) in [5.74, 6) is -0.0128. The fourth-order valence-corrected chi connectivity index (χ4v) is 11.9. The number of ether oxygens (including phenoxy) is 1. The number of aliphatic hydroxyl groups is 2. The molecule has 6 nitrogen and oxygen atoms in total. The summed E-state index contributed by atoms with van der Waals surface area (Å²) in [7, 11) is 0. The van der Waals surface area contributed by atoms with Gasteiger partial charge in [-0.2, -0.15) is 0 Å². The molecule has 0 aliphatic carbocycles. The van der Waals surface area contributed by atoms with E-state index in [0.717, 1.165) is 51.4 Å². The number of carbonyl (C=O) groups is 2. The number of carbonyl (C=O) groups excluding carboxylic acids is 2. The smallest absolute Gasteiger partial charge is 0.305 e. The van der Waals surface area contributed by atoms with E-state index in [1.54, 1.807) is 0 Å². The molecular formula is C75H145NO5. The van der Waals surface area contributed by atoms with Crippen LogP contribution in [0.2, 0.25) is 0 Å². The average Bonchev–Trinajstić information content (AvgIpc) is 3.47.